The van der Waals surface area contributed by atoms with Gasteiger partial charge in [0.25, 0.3) is 5.91 Å². The summed E-state index contributed by atoms with van der Waals surface area (Å²) < 4.78 is 10.7. The number of ether oxygens (including phenoxy) is 2. The molecule has 28 heavy (non-hydrogen) atoms. The second kappa shape index (κ2) is 9.24. The van der Waals surface area contributed by atoms with Crippen molar-refractivity contribution in [2.45, 2.75) is 39.7 Å². The molecular formula is C22H27NO4S. The molecule has 0 unspecified atom stereocenters. The normalized spacial score (nSPS) is 15.6. The van der Waals surface area contributed by atoms with Crippen molar-refractivity contribution in [3.63, 3.8) is 0 Å². The zero-order valence-corrected chi connectivity index (χ0v) is 17.5. The summed E-state index contributed by atoms with van der Waals surface area (Å²) >= 11 is 1.50. The number of carbonyl (C=O) groups is 2. The number of fused-ring (bicyclic) bond motifs is 1. The smallest absolute Gasteiger partial charge is 0.348 e. The summed E-state index contributed by atoms with van der Waals surface area (Å²) in [5, 5.41) is 0. The van der Waals surface area contributed by atoms with Crippen LogP contribution in [0.3, 0.4) is 0 Å². The molecule has 1 atom stereocenters. The van der Waals surface area contributed by atoms with Crippen molar-refractivity contribution in [2.75, 3.05) is 20.3 Å². The first kappa shape index (κ1) is 20.4. The molecule has 6 heteroatoms. The van der Waals surface area contributed by atoms with Gasteiger partial charge in [0.1, 0.15) is 10.6 Å². The first-order valence-electron chi connectivity index (χ1n) is 9.70. The Morgan fingerprint density at radius 3 is 2.71 bits per heavy atom. The summed E-state index contributed by atoms with van der Waals surface area (Å²) in [5.41, 5.74) is 2.25. The van der Waals surface area contributed by atoms with E-state index in [0.717, 1.165) is 30.6 Å². The molecule has 1 amide bonds. The van der Waals surface area contributed by atoms with E-state index in [9.17, 15) is 9.59 Å². The van der Waals surface area contributed by atoms with E-state index < -0.39 is 5.97 Å². The molecule has 2 aromatic rings. The highest BCUT2D eigenvalue weighted by molar-refractivity contribution is 7.14. The number of aryl methyl sites for hydroxylation is 1. The van der Waals surface area contributed by atoms with Crippen LogP contribution in [-0.4, -0.2) is 37.0 Å². The maximum absolute atomic E-state index is 12.3. The van der Waals surface area contributed by atoms with Gasteiger partial charge < -0.3 is 14.4 Å². The maximum Gasteiger partial charge on any atom is 0.348 e. The molecule has 0 fully saturated rings. The molecule has 150 valence electrons. The molecule has 0 aliphatic heterocycles. The minimum Gasteiger partial charge on any atom is -0.494 e. The Morgan fingerprint density at radius 2 is 2.00 bits per heavy atom. The molecule has 0 spiro atoms. The lowest BCUT2D eigenvalue weighted by Gasteiger charge is -2.17. The van der Waals surface area contributed by atoms with Crippen molar-refractivity contribution >= 4 is 23.2 Å². The SMILES string of the molecule is CCOc1ccc(CN(C)C(=O)COC(=O)c2cc3c(s2)CC[C@@H](C)C3)cc1. The number of hydrogen-bond donors (Lipinski definition) is 0. The van der Waals surface area contributed by atoms with Gasteiger partial charge in [-0.2, -0.15) is 0 Å². The van der Waals surface area contributed by atoms with E-state index in [1.807, 2.05) is 37.3 Å². The molecule has 0 N–H and O–H groups in total. The standard InChI is InChI=1S/C22H27NO4S/c1-4-26-18-8-6-16(7-9-18)13-23(3)21(24)14-27-22(25)20-12-17-11-15(2)5-10-19(17)28-20/h6-9,12,15H,4-5,10-11,13-14H2,1-3H3/t15-/m1/s1. The van der Waals surface area contributed by atoms with Crippen LogP contribution in [0.4, 0.5) is 0 Å². The molecule has 1 aromatic heterocycles. The zero-order valence-electron chi connectivity index (χ0n) is 16.7. The minimum atomic E-state index is -0.408. The summed E-state index contributed by atoms with van der Waals surface area (Å²) in [5.74, 6) is 0.832. The quantitative estimate of drug-likeness (QED) is 0.656. The number of nitrogens with zero attached hydrogens (tertiary/aromatic N) is 1. The third kappa shape index (κ3) is 5.13. The van der Waals surface area contributed by atoms with Crippen LogP contribution in [0.15, 0.2) is 30.3 Å². The van der Waals surface area contributed by atoms with Crippen molar-refractivity contribution in [1.29, 1.82) is 0 Å². The number of carbonyl (C=O) groups excluding carboxylic acids is 2. The van der Waals surface area contributed by atoms with Gasteiger partial charge in [0, 0.05) is 18.5 Å². The van der Waals surface area contributed by atoms with Crippen molar-refractivity contribution in [3.05, 3.63) is 51.2 Å². The van der Waals surface area contributed by atoms with Crippen LogP contribution in [-0.2, 0) is 28.9 Å². The fraction of sp³-hybridized carbons (Fsp3) is 0.455. The summed E-state index contributed by atoms with van der Waals surface area (Å²) in [6.45, 7) is 5.00. The predicted octanol–water partition coefficient (Wildman–Crippen LogP) is 4.09. The van der Waals surface area contributed by atoms with Gasteiger partial charge in [-0.25, -0.2) is 4.79 Å². The van der Waals surface area contributed by atoms with Gasteiger partial charge in [-0.05, 0) is 61.4 Å². The predicted molar refractivity (Wildman–Crippen MR) is 110 cm³/mol. The van der Waals surface area contributed by atoms with Crippen LogP contribution in [0.2, 0.25) is 0 Å². The van der Waals surface area contributed by atoms with E-state index in [4.69, 9.17) is 9.47 Å². The number of thiophene rings is 1. The first-order valence-corrected chi connectivity index (χ1v) is 10.5. The lowest BCUT2D eigenvalue weighted by atomic mass is 9.90. The maximum atomic E-state index is 12.3. The van der Waals surface area contributed by atoms with Gasteiger partial charge in [0.2, 0.25) is 0 Å². The highest BCUT2D eigenvalue weighted by Crippen LogP contribution is 2.32. The highest BCUT2D eigenvalue weighted by Gasteiger charge is 2.22. The van der Waals surface area contributed by atoms with Crippen LogP contribution in [0.25, 0.3) is 0 Å². The van der Waals surface area contributed by atoms with Crippen molar-refractivity contribution in [2.24, 2.45) is 5.92 Å². The van der Waals surface area contributed by atoms with Crippen molar-refractivity contribution in [1.82, 2.24) is 4.90 Å². The Hall–Kier alpha value is -2.34. The lowest BCUT2D eigenvalue weighted by Crippen LogP contribution is -2.30. The number of rotatable bonds is 7. The lowest BCUT2D eigenvalue weighted by molar-refractivity contribution is -0.133. The van der Waals surface area contributed by atoms with E-state index >= 15 is 0 Å². The monoisotopic (exact) mass is 401 g/mol. The van der Waals surface area contributed by atoms with E-state index in [0.29, 0.717) is 23.9 Å². The van der Waals surface area contributed by atoms with Crippen LogP contribution >= 0.6 is 11.3 Å². The highest BCUT2D eigenvalue weighted by atomic mass is 32.1. The first-order chi connectivity index (χ1) is 13.5. The van der Waals surface area contributed by atoms with Gasteiger partial charge in [-0.1, -0.05) is 19.1 Å². The number of amides is 1. The van der Waals surface area contributed by atoms with E-state index in [2.05, 4.69) is 6.92 Å². The van der Waals surface area contributed by atoms with E-state index in [-0.39, 0.29) is 12.5 Å². The van der Waals surface area contributed by atoms with Gasteiger partial charge in [0.05, 0.1) is 6.61 Å². The van der Waals surface area contributed by atoms with Crippen LogP contribution in [0, 0.1) is 5.92 Å². The van der Waals surface area contributed by atoms with Gasteiger partial charge in [0.15, 0.2) is 6.61 Å². The van der Waals surface area contributed by atoms with Gasteiger partial charge in [-0.15, -0.1) is 11.3 Å². The number of likely N-dealkylation sites (N-methyl/N-ethyl adjacent to an activating group) is 1. The zero-order chi connectivity index (χ0) is 20.1. The third-order valence-electron chi connectivity index (χ3n) is 4.94. The molecule has 0 saturated carbocycles. The van der Waals surface area contributed by atoms with Crippen LogP contribution in [0.5, 0.6) is 5.75 Å². The Bertz CT molecular complexity index is 828. The number of hydrogen-bond acceptors (Lipinski definition) is 5. The Labute approximate surface area is 170 Å². The molecule has 0 saturated heterocycles. The number of esters is 1. The Kier molecular flexibility index (Phi) is 6.73. The summed E-state index contributed by atoms with van der Waals surface area (Å²) in [6.07, 6.45) is 3.21. The van der Waals surface area contributed by atoms with Crippen LogP contribution < -0.4 is 4.74 Å². The summed E-state index contributed by atoms with van der Waals surface area (Å²) in [6, 6.07) is 9.56. The Morgan fingerprint density at radius 1 is 1.25 bits per heavy atom. The molecule has 3 rings (SSSR count). The summed E-state index contributed by atoms with van der Waals surface area (Å²) in [7, 11) is 1.71. The Balaban J connectivity index is 1.49. The van der Waals surface area contributed by atoms with Gasteiger partial charge in [-0.3, -0.25) is 4.79 Å². The molecule has 5 nitrogen and oxygen atoms in total. The largest absolute Gasteiger partial charge is 0.494 e. The third-order valence-corrected chi connectivity index (χ3v) is 6.15. The fourth-order valence-corrected chi connectivity index (χ4v) is 4.44. The molecule has 1 heterocycles. The molecular weight excluding hydrogens is 374 g/mol. The molecule has 1 aromatic carbocycles. The molecule has 1 aliphatic carbocycles. The van der Waals surface area contributed by atoms with Crippen molar-refractivity contribution < 1.29 is 19.1 Å². The topological polar surface area (TPSA) is 55.8 Å². The second-order valence-electron chi connectivity index (χ2n) is 7.31. The second-order valence-corrected chi connectivity index (χ2v) is 8.45. The van der Waals surface area contributed by atoms with Crippen molar-refractivity contribution in [3.8, 4) is 5.75 Å². The van der Waals surface area contributed by atoms with Gasteiger partial charge >= 0.3 is 5.97 Å². The van der Waals surface area contributed by atoms with E-state index in [1.165, 1.54) is 21.8 Å². The molecule has 0 bridgehead atoms. The average molecular weight is 402 g/mol. The minimum absolute atomic E-state index is 0.225. The average Bonchev–Trinajstić information content (AvgIpc) is 3.10. The van der Waals surface area contributed by atoms with Crippen LogP contribution in [0.1, 0.15) is 45.9 Å². The number of benzene rings is 1. The molecule has 1 aliphatic rings. The molecule has 0 radical (unpaired) electrons. The van der Waals surface area contributed by atoms with E-state index in [1.54, 1.807) is 11.9 Å². The summed E-state index contributed by atoms with van der Waals surface area (Å²) in [4.78, 5) is 28.1. The fourth-order valence-electron chi connectivity index (χ4n) is 3.33.